The number of hydrogen-bond donors (Lipinski definition) is 1. The van der Waals surface area contributed by atoms with E-state index in [-0.39, 0.29) is 30.7 Å². The third kappa shape index (κ3) is 4.81. The zero-order chi connectivity index (χ0) is 22.7. The van der Waals surface area contributed by atoms with Crippen LogP contribution in [0.1, 0.15) is 33.3 Å². The summed E-state index contributed by atoms with van der Waals surface area (Å²) in [6, 6.07) is 8.11. The maximum absolute atomic E-state index is 13.3. The summed E-state index contributed by atoms with van der Waals surface area (Å²) in [5.74, 6) is -0.0280. The summed E-state index contributed by atoms with van der Waals surface area (Å²) in [7, 11) is 0. The molecule has 2 unspecified atom stereocenters. The minimum atomic E-state index is -1.09. The van der Waals surface area contributed by atoms with Gasteiger partial charge in [0.25, 0.3) is 5.91 Å². The van der Waals surface area contributed by atoms with Crippen LogP contribution < -0.4 is 9.47 Å². The third-order valence-electron chi connectivity index (χ3n) is 5.15. The molecule has 0 aliphatic carbocycles. The van der Waals surface area contributed by atoms with Crippen LogP contribution in [-0.2, 0) is 15.9 Å². The Kier molecular flexibility index (Phi) is 6.82. The number of aliphatic hydroxyl groups is 1. The van der Waals surface area contributed by atoms with Gasteiger partial charge in [0, 0.05) is 55.3 Å². The van der Waals surface area contributed by atoms with E-state index < -0.39 is 9.76 Å². The summed E-state index contributed by atoms with van der Waals surface area (Å²) in [5.41, 5.74) is 1.21. The molecule has 1 amide bonds. The van der Waals surface area contributed by atoms with Crippen molar-refractivity contribution in [3.8, 4) is 11.5 Å². The predicted molar refractivity (Wildman–Crippen MR) is 121 cm³/mol. The van der Waals surface area contributed by atoms with Gasteiger partial charge in [0.15, 0.2) is 0 Å². The smallest absolute Gasteiger partial charge is 0.349 e. The summed E-state index contributed by atoms with van der Waals surface area (Å²) in [6.07, 6.45) is 1.89. The fourth-order valence-electron chi connectivity index (χ4n) is 3.69. The Morgan fingerprint density at radius 2 is 2.19 bits per heavy atom. The minimum absolute atomic E-state index is 0.0967. The second-order valence-electron chi connectivity index (χ2n) is 7.47. The normalized spacial score (nSPS) is 22.5. The second-order valence-corrected chi connectivity index (χ2v) is 9.42. The number of nitrogens with zero attached hydrogens (tertiary/aromatic N) is 2. The summed E-state index contributed by atoms with van der Waals surface area (Å²) in [4.78, 5) is 31.7. The highest BCUT2D eigenvalue weighted by Crippen LogP contribution is 2.39. The summed E-state index contributed by atoms with van der Waals surface area (Å²) in [5, 5.41) is 9.30. The molecular formula is C22H23IN2O7. The number of aromatic nitrogens is 1. The van der Waals surface area contributed by atoms with Crippen molar-refractivity contribution >= 4 is 34.5 Å². The highest BCUT2D eigenvalue weighted by atomic mass is 127. The van der Waals surface area contributed by atoms with Crippen molar-refractivity contribution in [2.75, 3.05) is 33.0 Å². The number of hydrogen-bond acceptors (Lipinski definition) is 8. The molecule has 0 radical (unpaired) electrons. The van der Waals surface area contributed by atoms with Crippen molar-refractivity contribution in [3.63, 3.8) is 0 Å². The molecule has 9 nitrogen and oxygen atoms in total. The Balaban J connectivity index is 1.52. The maximum atomic E-state index is 13.3. The molecule has 2 atom stereocenters. The van der Waals surface area contributed by atoms with Crippen LogP contribution in [0.3, 0.4) is 0 Å². The highest BCUT2D eigenvalue weighted by molar-refractivity contribution is 14.1. The molecule has 1 aromatic carbocycles. The number of ether oxygens (including phenoxy) is 4. The molecule has 0 saturated carbocycles. The topological polar surface area (TPSA) is 107 Å². The van der Waals surface area contributed by atoms with E-state index in [1.807, 2.05) is 22.6 Å². The highest BCUT2D eigenvalue weighted by Gasteiger charge is 2.38. The predicted octanol–water partition coefficient (Wildman–Crippen LogP) is 2.19. The number of esters is 1. The van der Waals surface area contributed by atoms with E-state index in [0.29, 0.717) is 48.9 Å². The van der Waals surface area contributed by atoms with E-state index in [1.165, 1.54) is 0 Å². The molecule has 0 bridgehead atoms. The Morgan fingerprint density at radius 3 is 3.00 bits per heavy atom. The number of amides is 1. The number of aliphatic hydroxyl groups excluding tert-OH is 1. The molecule has 2 aromatic rings. The summed E-state index contributed by atoms with van der Waals surface area (Å²) < 4.78 is 21.5. The van der Waals surface area contributed by atoms with Gasteiger partial charge in [-0.3, -0.25) is 9.78 Å². The fourth-order valence-corrected chi connectivity index (χ4v) is 4.13. The molecule has 170 valence electrons. The van der Waals surface area contributed by atoms with Crippen LogP contribution in [-0.4, -0.2) is 69.7 Å². The van der Waals surface area contributed by atoms with Crippen molar-refractivity contribution in [1.82, 2.24) is 9.88 Å². The van der Waals surface area contributed by atoms with Gasteiger partial charge in [-0.05, 0) is 24.3 Å². The largest absolute Gasteiger partial charge is 0.490 e. The lowest BCUT2D eigenvalue weighted by Crippen LogP contribution is -2.51. The zero-order valence-electron chi connectivity index (χ0n) is 17.5. The molecule has 0 spiro atoms. The maximum Gasteiger partial charge on any atom is 0.349 e. The van der Waals surface area contributed by atoms with Crippen molar-refractivity contribution < 1.29 is 33.6 Å². The fraction of sp³-hybridized carbons (Fsp3) is 0.409. The number of halogens is 1. The number of fused-ring (bicyclic) bond motifs is 1. The van der Waals surface area contributed by atoms with Crippen LogP contribution in [0.25, 0.3) is 0 Å². The van der Waals surface area contributed by atoms with Gasteiger partial charge in [0.2, 0.25) is 0 Å². The standard InChI is InChI=1S/C22H23IN2O7/c1-22(23)31-18-6-2-5-17(19(18)21(28)32-22)30-13-14-12-29-11-9-25(14)20(27)15-4-3-8-24-16(15)7-10-26/h2-6,8,14,26H,7,9-13H2,1H3. The van der Waals surface area contributed by atoms with Crippen molar-refractivity contribution in [2.24, 2.45) is 0 Å². The Morgan fingerprint density at radius 1 is 1.34 bits per heavy atom. The van der Waals surface area contributed by atoms with Gasteiger partial charge in [0.05, 0.1) is 30.5 Å². The number of carbonyl (C=O) groups is 2. The Hall–Kier alpha value is -2.44. The average molecular weight is 554 g/mol. The molecule has 1 aromatic heterocycles. The molecule has 2 aliphatic heterocycles. The number of alkyl halides is 1. The number of carbonyl (C=O) groups excluding carboxylic acids is 2. The van der Waals surface area contributed by atoms with Gasteiger partial charge in [-0.25, -0.2) is 4.79 Å². The first-order valence-electron chi connectivity index (χ1n) is 10.2. The molecule has 1 saturated heterocycles. The SMILES string of the molecule is CC1(I)OC(=O)c2c(OCC3COCCN3C(=O)c3cccnc3CCO)cccc2O1. The van der Waals surface area contributed by atoms with E-state index in [2.05, 4.69) is 4.98 Å². The van der Waals surface area contributed by atoms with Crippen molar-refractivity contribution in [2.45, 2.75) is 23.2 Å². The van der Waals surface area contributed by atoms with Gasteiger partial charge in [-0.15, -0.1) is 0 Å². The quantitative estimate of drug-likeness (QED) is 0.329. The average Bonchev–Trinajstić information content (AvgIpc) is 2.77. The van der Waals surface area contributed by atoms with E-state index in [9.17, 15) is 14.7 Å². The minimum Gasteiger partial charge on any atom is -0.490 e. The Bertz CT molecular complexity index is 1010. The number of rotatable bonds is 6. The number of cyclic esters (lactones) is 1. The molecule has 3 heterocycles. The number of pyridine rings is 1. The molecular weight excluding hydrogens is 531 g/mol. The first-order chi connectivity index (χ1) is 15.4. The van der Waals surface area contributed by atoms with Gasteiger partial charge >= 0.3 is 9.76 Å². The van der Waals surface area contributed by atoms with Crippen molar-refractivity contribution in [3.05, 3.63) is 53.3 Å². The van der Waals surface area contributed by atoms with Crippen LogP contribution in [0, 0.1) is 0 Å². The lowest BCUT2D eigenvalue weighted by molar-refractivity contribution is -0.0620. The van der Waals surface area contributed by atoms with Gasteiger partial charge in [-0.1, -0.05) is 6.07 Å². The monoisotopic (exact) mass is 554 g/mol. The molecule has 10 heteroatoms. The van der Waals surface area contributed by atoms with Crippen molar-refractivity contribution in [1.29, 1.82) is 0 Å². The zero-order valence-corrected chi connectivity index (χ0v) is 19.6. The lowest BCUT2D eigenvalue weighted by atomic mass is 10.1. The van der Waals surface area contributed by atoms with Crippen LogP contribution in [0.4, 0.5) is 0 Å². The van der Waals surface area contributed by atoms with Crippen LogP contribution in [0.15, 0.2) is 36.5 Å². The van der Waals surface area contributed by atoms with E-state index >= 15 is 0 Å². The first-order valence-corrected chi connectivity index (χ1v) is 11.3. The molecule has 4 rings (SSSR count). The molecule has 1 N–H and O–H groups in total. The first kappa shape index (κ1) is 22.7. The summed E-state index contributed by atoms with van der Waals surface area (Å²) >= 11 is 1.91. The van der Waals surface area contributed by atoms with Crippen LogP contribution >= 0.6 is 22.6 Å². The molecule has 2 aliphatic rings. The number of benzene rings is 1. The van der Waals surface area contributed by atoms with Crippen LogP contribution in [0.2, 0.25) is 0 Å². The Labute approximate surface area is 198 Å². The van der Waals surface area contributed by atoms with Gasteiger partial charge in [0.1, 0.15) is 23.7 Å². The third-order valence-corrected chi connectivity index (χ3v) is 5.59. The molecule has 32 heavy (non-hydrogen) atoms. The van der Waals surface area contributed by atoms with Gasteiger partial charge in [-0.2, -0.15) is 0 Å². The lowest BCUT2D eigenvalue weighted by Gasteiger charge is -2.36. The number of morpholine rings is 1. The van der Waals surface area contributed by atoms with Gasteiger partial charge < -0.3 is 29.0 Å². The molecule has 1 fully saturated rings. The van der Waals surface area contributed by atoms with E-state index in [4.69, 9.17) is 18.9 Å². The summed E-state index contributed by atoms with van der Waals surface area (Å²) in [6.45, 7) is 2.77. The second kappa shape index (κ2) is 9.59. The van der Waals surface area contributed by atoms with Crippen LogP contribution in [0.5, 0.6) is 11.5 Å². The van der Waals surface area contributed by atoms with E-state index in [1.54, 1.807) is 48.4 Å². The van der Waals surface area contributed by atoms with E-state index in [0.717, 1.165) is 0 Å².